The predicted molar refractivity (Wildman–Crippen MR) is 245 cm³/mol. The van der Waals surface area contributed by atoms with E-state index in [-0.39, 0.29) is 107 Å². The Kier molecular flexibility index (Phi) is 17.5. The van der Waals surface area contributed by atoms with Gasteiger partial charge in [-0.2, -0.15) is 34.9 Å². The number of hydrogen-bond acceptors (Lipinski definition) is 10. The number of carbonyl (C=O) groups excluding carboxylic acids is 3. The summed E-state index contributed by atoms with van der Waals surface area (Å²) in [4.78, 5) is 45.7. The largest absolute Gasteiger partial charge is 0.447 e. The fourth-order valence-electron chi connectivity index (χ4n) is 10.6. The highest BCUT2D eigenvalue weighted by Gasteiger charge is 2.45. The van der Waals surface area contributed by atoms with Crippen molar-refractivity contribution in [2.24, 2.45) is 17.8 Å². The lowest BCUT2D eigenvalue weighted by molar-refractivity contribution is -0.139. The molecule has 7 rings (SSSR count). The maximum absolute atomic E-state index is 14.3. The van der Waals surface area contributed by atoms with Crippen LogP contribution in [0.25, 0.3) is 0 Å². The van der Waals surface area contributed by atoms with Crippen LogP contribution in [0.15, 0.2) is 48.5 Å². The molecule has 0 aromatic heterocycles. The first-order valence-corrected chi connectivity index (χ1v) is 26.6. The van der Waals surface area contributed by atoms with Gasteiger partial charge in [0.1, 0.15) is 11.6 Å². The van der Waals surface area contributed by atoms with Crippen LogP contribution in [0.2, 0.25) is 0 Å². The van der Waals surface area contributed by atoms with E-state index >= 15 is 0 Å². The van der Waals surface area contributed by atoms with Crippen LogP contribution < -0.4 is 14.8 Å². The highest BCUT2D eigenvalue weighted by atomic mass is 32.2. The Morgan fingerprint density at radius 2 is 1.21 bits per heavy atom. The van der Waals surface area contributed by atoms with Crippen LogP contribution >= 0.6 is 0 Å². The molecule has 6 unspecified atom stereocenters. The first-order valence-electron chi connectivity index (χ1n) is 23.7. The molecule has 5 aliphatic rings. The summed E-state index contributed by atoms with van der Waals surface area (Å²) in [5.74, 6) is -2.89. The number of piperidine rings is 2. The first kappa shape index (κ1) is 51.9. The molecule has 378 valence electrons. The van der Waals surface area contributed by atoms with Crippen LogP contribution in [0.3, 0.4) is 0 Å². The maximum atomic E-state index is 14.3. The number of ether oxygens (including phenoxy) is 2. The molecule has 3 saturated heterocycles. The van der Waals surface area contributed by atoms with Gasteiger partial charge in [0.25, 0.3) is 20.4 Å². The lowest BCUT2D eigenvalue weighted by Crippen LogP contribution is -2.58. The highest BCUT2D eigenvalue weighted by Crippen LogP contribution is 2.37. The monoisotopic (exact) mass is 997 g/mol. The van der Waals surface area contributed by atoms with Crippen LogP contribution in [0.4, 0.5) is 18.1 Å². The highest BCUT2D eigenvalue weighted by molar-refractivity contribution is 7.87. The molecule has 2 aromatic carbocycles. The topological polar surface area (TPSA) is 196 Å². The van der Waals surface area contributed by atoms with Crippen molar-refractivity contribution in [3.63, 3.8) is 0 Å². The molecule has 6 atom stereocenters. The van der Waals surface area contributed by atoms with Crippen LogP contribution in [-0.2, 0) is 44.4 Å². The Hall–Kier alpha value is -3.90. The third kappa shape index (κ3) is 13.3. The second-order valence-electron chi connectivity index (χ2n) is 19.4. The molecule has 3 heterocycles. The summed E-state index contributed by atoms with van der Waals surface area (Å²) < 4.78 is 115. The van der Waals surface area contributed by atoms with Crippen molar-refractivity contribution in [3.8, 4) is 0 Å². The fourth-order valence-corrected chi connectivity index (χ4v) is 12.8. The van der Waals surface area contributed by atoms with Gasteiger partial charge in [-0.25, -0.2) is 18.5 Å². The van der Waals surface area contributed by atoms with Crippen molar-refractivity contribution in [2.45, 2.75) is 113 Å². The van der Waals surface area contributed by atoms with E-state index in [1.165, 1.54) is 33.3 Å². The SMILES string of the molecule is CN(C)S(=O)(=O)NC1CCN(C(=O)C2CC(=O)NC2CN(C)S(=O)(=O)NC2CCN(C(=O)OF)CC2COC2CCC(c3cccc(F)c3)CC2)CC1COC1CCC(c2cccc(F)c2)CC1. The molecule has 5 fully saturated rings. The zero-order valence-corrected chi connectivity index (χ0v) is 40.6. The molecular formula is C46H66F3N7O10S2. The van der Waals surface area contributed by atoms with Gasteiger partial charge in [0.05, 0.1) is 37.4 Å². The Morgan fingerprint density at radius 1 is 0.721 bits per heavy atom. The number of hydrogen-bond donors (Lipinski definition) is 3. The Bertz CT molecular complexity index is 2290. The Balaban J connectivity index is 0.955. The van der Waals surface area contributed by atoms with Gasteiger partial charge in [-0.15, -0.1) is 0 Å². The van der Waals surface area contributed by atoms with Gasteiger partial charge in [0.2, 0.25) is 11.8 Å². The second-order valence-corrected chi connectivity index (χ2v) is 23.1. The number of rotatable bonds is 17. The maximum Gasteiger partial charge on any atom is 0.447 e. The molecule has 68 heavy (non-hydrogen) atoms. The van der Waals surface area contributed by atoms with E-state index in [4.69, 9.17) is 9.47 Å². The summed E-state index contributed by atoms with van der Waals surface area (Å²) in [6, 6.07) is 11.0. The van der Waals surface area contributed by atoms with Crippen molar-refractivity contribution in [3.05, 3.63) is 71.3 Å². The minimum Gasteiger partial charge on any atom is -0.378 e. The number of carbonyl (C=O) groups is 3. The number of benzene rings is 2. The van der Waals surface area contributed by atoms with E-state index in [0.29, 0.717) is 12.8 Å². The van der Waals surface area contributed by atoms with Gasteiger partial charge in [-0.05, 0) is 111 Å². The van der Waals surface area contributed by atoms with Crippen LogP contribution in [0.1, 0.15) is 93.6 Å². The summed E-state index contributed by atoms with van der Waals surface area (Å²) in [6.07, 6.45) is 4.80. The Morgan fingerprint density at radius 3 is 1.69 bits per heavy atom. The fraction of sp³-hybridized carbons (Fsp3) is 0.674. The second kappa shape index (κ2) is 22.9. The third-order valence-corrected chi connectivity index (χ3v) is 17.8. The summed E-state index contributed by atoms with van der Waals surface area (Å²) in [6.45, 7) is 0.283. The average molecular weight is 998 g/mol. The summed E-state index contributed by atoms with van der Waals surface area (Å²) >= 11 is 0. The zero-order valence-electron chi connectivity index (χ0n) is 38.9. The van der Waals surface area contributed by atoms with Crippen molar-refractivity contribution >= 4 is 38.3 Å². The van der Waals surface area contributed by atoms with Gasteiger partial charge in [-0.3, -0.25) is 9.59 Å². The zero-order chi connectivity index (χ0) is 48.8. The van der Waals surface area contributed by atoms with E-state index in [2.05, 4.69) is 19.7 Å². The molecule has 0 bridgehead atoms. The number of likely N-dealkylation sites (tertiary alicyclic amines) is 2. The lowest BCUT2D eigenvalue weighted by Gasteiger charge is -2.41. The standard InChI is InChI=1S/C46H66F3N7O10S2/c1-53(2)67(60,61)51-41-18-20-55(25-34(41)28-64-38-14-10-30(11-15-38)32-6-4-8-36(47)22-32)45(58)40-24-44(57)50-43(40)27-54(3)68(62,63)52-42-19-21-56(46(59)66-49)26-35(42)29-65-39-16-12-31(13-17-39)33-7-5-9-37(48)23-33/h4-9,22-23,30-31,34-35,38-43,51-52H,10-21,24-29H2,1-3H3,(H,50,57). The number of halogens is 3. The van der Waals surface area contributed by atoms with Crippen molar-refractivity contribution in [2.75, 3.05) is 67.1 Å². The predicted octanol–water partition coefficient (Wildman–Crippen LogP) is 4.35. The molecular weight excluding hydrogens is 932 g/mol. The Labute approximate surface area is 398 Å². The third-order valence-electron chi connectivity index (χ3n) is 14.7. The van der Waals surface area contributed by atoms with E-state index in [1.54, 1.807) is 29.2 Å². The van der Waals surface area contributed by atoms with Crippen LogP contribution in [0, 0.1) is 29.4 Å². The van der Waals surface area contributed by atoms with Crippen LogP contribution in [0.5, 0.6) is 0 Å². The van der Waals surface area contributed by atoms with E-state index in [0.717, 1.165) is 63.2 Å². The van der Waals surface area contributed by atoms with Gasteiger partial charge in [0.15, 0.2) is 0 Å². The number of amides is 3. The molecule has 2 aliphatic carbocycles. The first-order chi connectivity index (χ1) is 32.4. The van der Waals surface area contributed by atoms with Crippen molar-refractivity contribution in [1.82, 2.24) is 33.2 Å². The molecule has 3 N–H and O–H groups in total. The number of likely N-dealkylation sites (N-methyl/N-ethyl adjacent to an activating group) is 1. The van der Waals surface area contributed by atoms with Gasteiger partial charge in [-0.1, -0.05) is 24.3 Å². The average Bonchev–Trinajstić information content (AvgIpc) is 3.69. The van der Waals surface area contributed by atoms with Crippen LogP contribution in [-0.4, -0.2) is 151 Å². The molecule has 0 radical (unpaired) electrons. The molecule has 2 aromatic rings. The van der Waals surface area contributed by atoms with E-state index in [9.17, 15) is 44.5 Å². The minimum absolute atomic E-state index is 0.0150. The molecule has 22 heteroatoms. The summed E-state index contributed by atoms with van der Waals surface area (Å²) in [5, 5.41) is 2.79. The minimum atomic E-state index is -4.27. The normalized spacial score (nSPS) is 29.6. The van der Waals surface area contributed by atoms with E-state index < -0.39 is 68.3 Å². The van der Waals surface area contributed by atoms with Crippen molar-refractivity contribution < 1.29 is 58.9 Å². The molecule has 0 spiro atoms. The number of nitrogens with zero attached hydrogens (tertiary/aromatic N) is 4. The lowest BCUT2D eigenvalue weighted by atomic mass is 9.82. The molecule has 3 aliphatic heterocycles. The molecule has 2 saturated carbocycles. The van der Waals surface area contributed by atoms with Gasteiger partial charge < -0.3 is 24.6 Å². The smallest absolute Gasteiger partial charge is 0.378 e. The quantitative estimate of drug-likeness (QED) is 0.205. The van der Waals surface area contributed by atoms with Crippen molar-refractivity contribution in [1.29, 1.82) is 0 Å². The van der Waals surface area contributed by atoms with E-state index in [1.807, 2.05) is 12.1 Å². The number of nitrogens with one attached hydrogen (secondary N) is 3. The summed E-state index contributed by atoms with van der Waals surface area (Å²) in [5.41, 5.74) is 1.88. The summed E-state index contributed by atoms with van der Waals surface area (Å²) in [7, 11) is -3.92. The van der Waals surface area contributed by atoms with Gasteiger partial charge >= 0.3 is 6.09 Å². The molecule has 3 amide bonds. The molecule has 17 nitrogen and oxygen atoms in total. The van der Waals surface area contributed by atoms with Gasteiger partial charge in [0, 0.05) is 88.7 Å².